The molecule has 1 fully saturated rings. The Kier molecular flexibility index (Phi) is 3.69. The smallest absolute Gasteiger partial charge is 0.293 e. The first-order valence-corrected chi connectivity index (χ1v) is 7.27. The van der Waals surface area contributed by atoms with Gasteiger partial charge < -0.3 is 5.43 Å². The summed E-state index contributed by atoms with van der Waals surface area (Å²) < 4.78 is 24.7. The molecule has 0 saturated carbocycles. The lowest BCUT2D eigenvalue weighted by Crippen LogP contribution is -2.25. The van der Waals surface area contributed by atoms with Gasteiger partial charge in [0.1, 0.15) is 5.69 Å². The Hall–Kier alpha value is -1.71. The zero-order chi connectivity index (χ0) is 14.0. The van der Waals surface area contributed by atoms with Crippen LogP contribution in [0, 0.1) is 10.1 Å². The number of hydrogen-bond acceptors (Lipinski definition) is 6. The molecule has 0 aliphatic carbocycles. The molecule has 0 radical (unpaired) electrons. The minimum Gasteiger partial charge on any atom is -0.318 e. The standard InChI is InChI=1S/C10H14N4O4S/c11-12-9-3-2-8(6-10(9)14(15)16)7-13-4-1-5-19(13,17)18/h2-3,6,12H,1,4-5,7,11H2. The van der Waals surface area contributed by atoms with Gasteiger partial charge in [-0.3, -0.25) is 16.0 Å². The Balaban J connectivity index is 2.27. The van der Waals surface area contributed by atoms with Crippen LogP contribution in [0.4, 0.5) is 11.4 Å². The van der Waals surface area contributed by atoms with Gasteiger partial charge in [-0.1, -0.05) is 6.07 Å². The normalized spacial score (nSPS) is 18.4. The van der Waals surface area contributed by atoms with Crippen molar-refractivity contribution in [2.45, 2.75) is 13.0 Å². The highest BCUT2D eigenvalue weighted by Gasteiger charge is 2.28. The highest BCUT2D eigenvalue weighted by atomic mass is 32.2. The summed E-state index contributed by atoms with van der Waals surface area (Å²) in [5, 5.41) is 10.9. The number of anilines is 1. The predicted molar refractivity (Wildman–Crippen MR) is 69.7 cm³/mol. The van der Waals surface area contributed by atoms with Crippen LogP contribution < -0.4 is 11.3 Å². The number of nitrogen functional groups attached to an aromatic ring is 1. The number of nitro groups is 1. The second-order valence-electron chi connectivity index (χ2n) is 4.26. The number of nitro benzene ring substituents is 1. The van der Waals surface area contributed by atoms with Gasteiger partial charge in [0.2, 0.25) is 10.0 Å². The molecule has 19 heavy (non-hydrogen) atoms. The number of sulfonamides is 1. The van der Waals surface area contributed by atoms with Crippen molar-refractivity contribution in [3.8, 4) is 0 Å². The lowest BCUT2D eigenvalue weighted by atomic mass is 10.1. The summed E-state index contributed by atoms with van der Waals surface area (Å²) in [5.41, 5.74) is 2.83. The van der Waals surface area contributed by atoms with Crippen molar-refractivity contribution in [3.05, 3.63) is 33.9 Å². The van der Waals surface area contributed by atoms with E-state index in [1.165, 1.54) is 16.4 Å². The van der Waals surface area contributed by atoms with Crippen LogP contribution >= 0.6 is 0 Å². The van der Waals surface area contributed by atoms with Gasteiger partial charge in [0, 0.05) is 19.2 Å². The van der Waals surface area contributed by atoms with Crippen molar-refractivity contribution in [1.82, 2.24) is 4.31 Å². The number of nitrogens with zero attached hydrogens (tertiary/aromatic N) is 2. The Morgan fingerprint density at radius 1 is 1.47 bits per heavy atom. The molecule has 1 aliphatic rings. The second-order valence-corrected chi connectivity index (χ2v) is 6.34. The summed E-state index contributed by atoms with van der Waals surface area (Å²) in [6, 6.07) is 4.43. The third-order valence-electron chi connectivity index (χ3n) is 2.98. The van der Waals surface area contributed by atoms with E-state index in [4.69, 9.17) is 5.84 Å². The molecule has 2 rings (SSSR count). The minimum atomic E-state index is -3.21. The van der Waals surface area contributed by atoms with Gasteiger partial charge in [0.25, 0.3) is 5.69 Å². The summed E-state index contributed by atoms with van der Waals surface area (Å²) in [7, 11) is -3.21. The Bertz CT molecular complexity index is 602. The molecular weight excluding hydrogens is 272 g/mol. The first-order chi connectivity index (χ1) is 8.94. The van der Waals surface area contributed by atoms with Gasteiger partial charge in [-0.05, 0) is 18.1 Å². The fraction of sp³-hybridized carbons (Fsp3) is 0.400. The van der Waals surface area contributed by atoms with Crippen LogP contribution in [-0.2, 0) is 16.6 Å². The number of hydrogen-bond donors (Lipinski definition) is 2. The highest BCUT2D eigenvalue weighted by molar-refractivity contribution is 7.89. The number of nitrogens with one attached hydrogen (secondary N) is 1. The largest absolute Gasteiger partial charge is 0.318 e. The van der Waals surface area contributed by atoms with Gasteiger partial charge >= 0.3 is 0 Å². The quantitative estimate of drug-likeness (QED) is 0.470. The lowest BCUT2D eigenvalue weighted by Gasteiger charge is -2.14. The topological polar surface area (TPSA) is 119 Å². The number of hydrazine groups is 1. The van der Waals surface area contributed by atoms with Gasteiger partial charge in [0.05, 0.1) is 10.7 Å². The van der Waals surface area contributed by atoms with Gasteiger partial charge in [-0.2, -0.15) is 4.31 Å². The highest BCUT2D eigenvalue weighted by Crippen LogP contribution is 2.26. The molecule has 1 aromatic carbocycles. The van der Waals surface area contributed by atoms with E-state index in [2.05, 4.69) is 5.43 Å². The van der Waals surface area contributed by atoms with Crippen LogP contribution in [0.1, 0.15) is 12.0 Å². The molecule has 0 amide bonds. The van der Waals surface area contributed by atoms with E-state index in [1.54, 1.807) is 6.07 Å². The SMILES string of the molecule is NNc1ccc(CN2CCCS2(=O)=O)cc1[N+](=O)[O-]. The van der Waals surface area contributed by atoms with Gasteiger partial charge in [-0.15, -0.1) is 0 Å². The molecule has 0 aromatic heterocycles. The maximum absolute atomic E-state index is 11.7. The molecule has 8 nitrogen and oxygen atoms in total. The maximum atomic E-state index is 11.7. The molecule has 1 saturated heterocycles. The van der Waals surface area contributed by atoms with Crippen LogP contribution in [0.3, 0.4) is 0 Å². The van der Waals surface area contributed by atoms with E-state index in [9.17, 15) is 18.5 Å². The Morgan fingerprint density at radius 3 is 2.74 bits per heavy atom. The van der Waals surface area contributed by atoms with Crippen molar-refractivity contribution in [2.75, 3.05) is 17.7 Å². The monoisotopic (exact) mass is 286 g/mol. The van der Waals surface area contributed by atoms with Crippen molar-refractivity contribution in [2.24, 2.45) is 5.84 Å². The van der Waals surface area contributed by atoms with Crippen molar-refractivity contribution < 1.29 is 13.3 Å². The number of rotatable bonds is 4. The summed E-state index contributed by atoms with van der Waals surface area (Å²) in [5.74, 6) is 5.32. The summed E-state index contributed by atoms with van der Waals surface area (Å²) in [6.07, 6.45) is 0.590. The maximum Gasteiger partial charge on any atom is 0.293 e. The van der Waals surface area contributed by atoms with Crippen molar-refractivity contribution in [1.29, 1.82) is 0 Å². The molecule has 1 aromatic rings. The summed E-state index contributed by atoms with van der Waals surface area (Å²) in [6.45, 7) is 0.598. The molecule has 1 aliphatic heterocycles. The third kappa shape index (κ3) is 2.83. The fourth-order valence-corrected chi connectivity index (χ4v) is 3.53. The van der Waals surface area contributed by atoms with E-state index < -0.39 is 14.9 Å². The minimum absolute atomic E-state index is 0.136. The molecule has 0 bridgehead atoms. The first kappa shape index (κ1) is 13.7. The van der Waals surface area contributed by atoms with Crippen LogP contribution in [0.2, 0.25) is 0 Å². The van der Waals surface area contributed by atoms with Crippen LogP contribution in [-0.4, -0.2) is 29.9 Å². The molecule has 104 valence electrons. The van der Waals surface area contributed by atoms with Gasteiger partial charge in [0.15, 0.2) is 0 Å². The predicted octanol–water partition coefficient (Wildman–Crippen LogP) is 0.416. The van der Waals surface area contributed by atoms with Gasteiger partial charge in [-0.25, -0.2) is 8.42 Å². The van der Waals surface area contributed by atoms with E-state index >= 15 is 0 Å². The molecule has 0 unspecified atom stereocenters. The van der Waals surface area contributed by atoms with Crippen LogP contribution in [0.5, 0.6) is 0 Å². The molecule has 3 N–H and O–H groups in total. The average molecular weight is 286 g/mol. The van der Waals surface area contributed by atoms with E-state index in [0.29, 0.717) is 18.5 Å². The van der Waals surface area contributed by atoms with E-state index in [0.717, 1.165) is 0 Å². The lowest BCUT2D eigenvalue weighted by molar-refractivity contribution is -0.384. The summed E-state index contributed by atoms with van der Waals surface area (Å²) in [4.78, 5) is 10.3. The molecule has 1 heterocycles. The Morgan fingerprint density at radius 2 is 2.21 bits per heavy atom. The molecule has 0 spiro atoms. The Labute approximate surface area is 110 Å². The molecular formula is C10H14N4O4S. The zero-order valence-corrected chi connectivity index (χ0v) is 10.9. The van der Waals surface area contributed by atoms with E-state index in [-0.39, 0.29) is 23.7 Å². The average Bonchev–Trinajstić information content (AvgIpc) is 2.68. The second kappa shape index (κ2) is 5.11. The molecule has 9 heteroatoms. The number of nitrogens with two attached hydrogens (primary N) is 1. The van der Waals surface area contributed by atoms with Crippen molar-refractivity contribution >= 4 is 21.4 Å². The first-order valence-electron chi connectivity index (χ1n) is 5.66. The molecule has 0 atom stereocenters. The van der Waals surface area contributed by atoms with E-state index in [1.807, 2.05) is 0 Å². The third-order valence-corrected chi connectivity index (χ3v) is 4.88. The zero-order valence-electron chi connectivity index (χ0n) is 10.1. The van der Waals surface area contributed by atoms with Crippen LogP contribution in [0.15, 0.2) is 18.2 Å². The number of benzene rings is 1. The van der Waals surface area contributed by atoms with Crippen LogP contribution in [0.25, 0.3) is 0 Å². The fourth-order valence-electron chi connectivity index (χ4n) is 2.02. The van der Waals surface area contributed by atoms with Crippen molar-refractivity contribution in [3.63, 3.8) is 0 Å². The summed E-state index contributed by atoms with van der Waals surface area (Å²) >= 11 is 0.